The van der Waals surface area contributed by atoms with Crippen molar-refractivity contribution in [1.29, 1.82) is 0 Å². The van der Waals surface area contributed by atoms with Crippen molar-refractivity contribution in [1.82, 2.24) is 15.5 Å². The summed E-state index contributed by atoms with van der Waals surface area (Å²) in [5, 5.41) is 6.56. The molecule has 26 heavy (non-hydrogen) atoms. The Labute approximate surface area is 156 Å². The highest BCUT2D eigenvalue weighted by Crippen LogP contribution is 2.20. The molecule has 5 nitrogen and oxygen atoms in total. The highest BCUT2D eigenvalue weighted by Gasteiger charge is 2.29. The average Bonchev–Trinajstić information content (AvgIpc) is 2.65. The van der Waals surface area contributed by atoms with E-state index in [1.165, 1.54) is 12.8 Å². The Morgan fingerprint density at radius 2 is 1.88 bits per heavy atom. The maximum Gasteiger partial charge on any atom is 0.253 e. The molecule has 2 unspecified atom stereocenters. The lowest BCUT2D eigenvalue weighted by molar-refractivity contribution is -0.126. The quantitative estimate of drug-likeness (QED) is 0.870. The van der Waals surface area contributed by atoms with E-state index in [0.29, 0.717) is 19.1 Å². The van der Waals surface area contributed by atoms with Gasteiger partial charge in [0.05, 0.1) is 5.92 Å². The largest absolute Gasteiger partial charge is 0.354 e. The fourth-order valence-corrected chi connectivity index (χ4v) is 4.12. The van der Waals surface area contributed by atoms with Crippen molar-refractivity contribution in [2.45, 2.75) is 52.0 Å². The molecule has 0 aromatic heterocycles. The van der Waals surface area contributed by atoms with Crippen molar-refractivity contribution in [3.05, 3.63) is 34.9 Å². The van der Waals surface area contributed by atoms with Crippen LogP contribution in [-0.4, -0.2) is 48.9 Å². The van der Waals surface area contributed by atoms with Gasteiger partial charge in [-0.2, -0.15) is 0 Å². The van der Waals surface area contributed by atoms with E-state index < -0.39 is 0 Å². The van der Waals surface area contributed by atoms with Crippen LogP contribution in [0.1, 0.15) is 53.6 Å². The molecule has 2 saturated heterocycles. The Hall–Kier alpha value is -1.88. The van der Waals surface area contributed by atoms with Crippen molar-refractivity contribution >= 4 is 11.8 Å². The van der Waals surface area contributed by atoms with E-state index in [9.17, 15) is 9.59 Å². The van der Waals surface area contributed by atoms with E-state index in [0.717, 1.165) is 49.0 Å². The minimum Gasteiger partial charge on any atom is -0.354 e. The SMILES string of the molecule is Cc1cc(C)cc(C(=O)N2CCCC(C(=O)NCC3CCCCN3)C2)c1. The van der Waals surface area contributed by atoms with Crippen molar-refractivity contribution in [2.24, 2.45) is 5.92 Å². The van der Waals surface area contributed by atoms with E-state index in [1.807, 2.05) is 30.9 Å². The minimum atomic E-state index is -0.0952. The Morgan fingerprint density at radius 3 is 2.58 bits per heavy atom. The zero-order chi connectivity index (χ0) is 18.5. The zero-order valence-electron chi connectivity index (χ0n) is 16.0. The van der Waals surface area contributed by atoms with E-state index in [-0.39, 0.29) is 17.7 Å². The van der Waals surface area contributed by atoms with Gasteiger partial charge < -0.3 is 15.5 Å². The van der Waals surface area contributed by atoms with Crippen LogP contribution >= 0.6 is 0 Å². The van der Waals surface area contributed by atoms with Gasteiger partial charge in [-0.3, -0.25) is 9.59 Å². The van der Waals surface area contributed by atoms with E-state index in [2.05, 4.69) is 16.7 Å². The fourth-order valence-electron chi connectivity index (χ4n) is 4.12. The number of benzene rings is 1. The fraction of sp³-hybridized carbons (Fsp3) is 0.619. The molecule has 1 aromatic carbocycles. The standard InChI is InChI=1S/C21H31N3O2/c1-15-10-16(2)12-18(11-15)21(26)24-9-5-6-17(14-24)20(25)23-13-19-7-3-4-8-22-19/h10-12,17,19,22H,3-9,13-14H2,1-2H3,(H,23,25). The number of likely N-dealkylation sites (tertiary alicyclic amines) is 1. The van der Waals surface area contributed by atoms with Gasteiger partial charge in [0.1, 0.15) is 0 Å². The van der Waals surface area contributed by atoms with E-state index in [4.69, 9.17) is 0 Å². The van der Waals surface area contributed by atoms with Crippen LogP contribution in [-0.2, 0) is 4.79 Å². The maximum atomic E-state index is 12.9. The number of hydrogen-bond donors (Lipinski definition) is 2. The second kappa shape index (κ2) is 8.67. The molecule has 2 aliphatic rings. The third kappa shape index (κ3) is 4.85. The van der Waals surface area contributed by atoms with Gasteiger partial charge in [0.25, 0.3) is 5.91 Å². The molecule has 142 valence electrons. The Balaban J connectivity index is 1.55. The summed E-state index contributed by atoms with van der Waals surface area (Å²) < 4.78 is 0. The van der Waals surface area contributed by atoms with Gasteiger partial charge in [-0.25, -0.2) is 0 Å². The number of nitrogens with one attached hydrogen (secondary N) is 2. The molecule has 5 heteroatoms. The highest BCUT2D eigenvalue weighted by atomic mass is 16.2. The van der Waals surface area contributed by atoms with Crippen LogP contribution in [0.3, 0.4) is 0 Å². The predicted octanol–water partition coefficient (Wildman–Crippen LogP) is 2.41. The minimum absolute atomic E-state index is 0.0447. The second-order valence-corrected chi connectivity index (χ2v) is 7.86. The van der Waals surface area contributed by atoms with Gasteiger partial charge in [-0.15, -0.1) is 0 Å². The molecule has 2 amide bonds. The molecule has 3 rings (SSSR count). The molecule has 0 bridgehead atoms. The number of rotatable bonds is 4. The first kappa shape index (κ1) is 18.9. The summed E-state index contributed by atoms with van der Waals surface area (Å²) >= 11 is 0. The lowest BCUT2D eigenvalue weighted by atomic mass is 9.95. The molecular weight excluding hydrogens is 326 g/mol. The number of carbonyl (C=O) groups is 2. The highest BCUT2D eigenvalue weighted by molar-refractivity contribution is 5.95. The predicted molar refractivity (Wildman–Crippen MR) is 103 cm³/mol. The summed E-state index contributed by atoms with van der Waals surface area (Å²) in [6, 6.07) is 6.34. The summed E-state index contributed by atoms with van der Waals surface area (Å²) in [5.74, 6) is 0.0424. The number of aryl methyl sites for hydroxylation is 2. The number of carbonyl (C=O) groups excluding carboxylic acids is 2. The monoisotopic (exact) mass is 357 g/mol. The first-order chi connectivity index (χ1) is 12.5. The van der Waals surface area contributed by atoms with Crippen LogP contribution in [0, 0.1) is 19.8 Å². The Bertz CT molecular complexity index is 632. The lowest BCUT2D eigenvalue weighted by Crippen LogP contribution is -2.49. The van der Waals surface area contributed by atoms with Gasteiger partial charge >= 0.3 is 0 Å². The summed E-state index contributed by atoms with van der Waals surface area (Å²) in [5.41, 5.74) is 2.93. The van der Waals surface area contributed by atoms with Crippen molar-refractivity contribution in [2.75, 3.05) is 26.2 Å². The van der Waals surface area contributed by atoms with Gasteiger partial charge in [-0.05, 0) is 58.2 Å². The summed E-state index contributed by atoms with van der Waals surface area (Å²) in [7, 11) is 0. The molecule has 1 aromatic rings. The molecule has 2 aliphatic heterocycles. The maximum absolute atomic E-state index is 12.9. The van der Waals surface area contributed by atoms with E-state index in [1.54, 1.807) is 0 Å². The first-order valence-electron chi connectivity index (χ1n) is 9.91. The van der Waals surface area contributed by atoms with Gasteiger partial charge in [0, 0.05) is 31.2 Å². The molecule has 2 fully saturated rings. The van der Waals surface area contributed by atoms with Crippen LogP contribution in [0.4, 0.5) is 0 Å². The molecule has 0 saturated carbocycles. The van der Waals surface area contributed by atoms with Gasteiger partial charge in [0.2, 0.25) is 5.91 Å². The topological polar surface area (TPSA) is 61.4 Å². The number of nitrogens with zero attached hydrogens (tertiary/aromatic N) is 1. The van der Waals surface area contributed by atoms with Crippen molar-refractivity contribution < 1.29 is 9.59 Å². The van der Waals surface area contributed by atoms with Gasteiger partial charge in [-0.1, -0.05) is 23.6 Å². The lowest BCUT2D eigenvalue weighted by Gasteiger charge is -2.33. The Morgan fingerprint density at radius 1 is 1.12 bits per heavy atom. The molecule has 0 aliphatic carbocycles. The number of hydrogen-bond acceptors (Lipinski definition) is 3. The first-order valence-corrected chi connectivity index (χ1v) is 9.91. The molecule has 2 heterocycles. The third-order valence-electron chi connectivity index (χ3n) is 5.48. The number of piperidine rings is 2. The second-order valence-electron chi connectivity index (χ2n) is 7.86. The number of amides is 2. The molecule has 2 atom stereocenters. The van der Waals surface area contributed by atoms with Crippen LogP contribution < -0.4 is 10.6 Å². The third-order valence-corrected chi connectivity index (χ3v) is 5.48. The molecule has 0 radical (unpaired) electrons. The van der Waals surface area contributed by atoms with Gasteiger partial charge in [0.15, 0.2) is 0 Å². The smallest absolute Gasteiger partial charge is 0.253 e. The summed E-state index contributed by atoms with van der Waals surface area (Å²) in [4.78, 5) is 27.3. The van der Waals surface area contributed by atoms with E-state index >= 15 is 0 Å². The summed E-state index contributed by atoms with van der Waals surface area (Å²) in [6.07, 6.45) is 5.33. The zero-order valence-corrected chi connectivity index (χ0v) is 16.0. The Kier molecular flexibility index (Phi) is 6.30. The van der Waals surface area contributed by atoms with Crippen LogP contribution in [0.15, 0.2) is 18.2 Å². The molecular formula is C21H31N3O2. The van der Waals surface area contributed by atoms with Crippen LogP contribution in [0.25, 0.3) is 0 Å². The van der Waals surface area contributed by atoms with Crippen LogP contribution in [0.5, 0.6) is 0 Å². The van der Waals surface area contributed by atoms with Crippen molar-refractivity contribution in [3.63, 3.8) is 0 Å². The van der Waals surface area contributed by atoms with Crippen molar-refractivity contribution in [3.8, 4) is 0 Å². The van der Waals surface area contributed by atoms with Crippen LogP contribution in [0.2, 0.25) is 0 Å². The molecule has 0 spiro atoms. The normalized spacial score (nSPS) is 23.5. The summed E-state index contributed by atoms with van der Waals surface area (Å²) in [6.45, 7) is 7.02. The average molecular weight is 357 g/mol. The molecule has 2 N–H and O–H groups in total.